The Labute approximate surface area is 94.4 Å². The van der Waals surface area contributed by atoms with Crippen LogP contribution in [-0.4, -0.2) is 17.5 Å². The number of allylic oxidation sites excluding steroid dienone is 1. The third-order valence-electron chi connectivity index (χ3n) is 2.58. The molecule has 0 radical (unpaired) electrons. The highest BCUT2D eigenvalue weighted by molar-refractivity contribution is 5.98. The molecule has 0 saturated carbocycles. The lowest BCUT2D eigenvalue weighted by Gasteiger charge is -2.06. The zero-order valence-electron chi connectivity index (χ0n) is 9.23. The second-order valence-corrected chi connectivity index (χ2v) is 3.57. The minimum atomic E-state index is -0.0712. The number of hydrogen-bond acceptors (Lipinski definition) is 1. The van der Waals surface area contributed by atoms with Crippen molar-refractivity contribution in [1.29, 1.82) is 0 Å². The van der Waals surface area contributed by atoms with Crippen LogP contribution < -0.4 is 5.32 Å². The molecule has 16 heavy (non-hydrogen) atoms. The van der Waals surface area contributed by atoms with E-state index >= 15 is 0 Å². The largest absolute Gasteiger partial charge is 0.354 e. The molecule has 1 aromatic heterocycles. The summed E-state index contributed by atoms with van der Waals surface area (Å²) in [4.78, 5) is 11.7. The van der Waals surface area contributed by atoms with Crippen LogP contribution in [0.4, 0.5) is 0 Å². The molecule has 3 heteroatoms. The summed E-state index contributed by atoms with van der Waals surface area (Å²) in [5.41, 5.74) is 1.73. The standard InChI is InChI=1S/C13H14N2O/c1-3-8-15-11-7-5-4-6-10(11)9-12(15)13(16)14-2/h3-7,9H,1,8H2,2H3,(H,14,16). The normalized spacial score (nSPS) is 10.3. The first-order valence-electron chi connectivity index (χ1n) is 5.19. The van der Waals surface area contributed by atoms with Gasteiger partial charge in [-0.2, -0.15) is 0 Å². The number of carbonyl (C=O) groups is 1. The van der Waals surface area contributed by atoms with Crippen molar-refractivity contribution in [1.82, 2.24) is 9.88 Å². The minimum Gasteiger partial charge on any atom is -0.354 e. The number of aromatic nitrogens is 1. The Morgan fingerprint density at radius 2 is 2.25 bits per heavy atom. The SMILES string of the molecule is C=CCn1c(C(=O)NC)cc2ccccc21. The van der Waals surface area contributed by atoms with Gasteiger partial charge in [0.1, 0.15) is 5.69 Å². The van der Waals surface area contributed by atoms with Gasteiger partial charge in [0.15, 0.2) is 0 Å². The number of nitrogens with zero attached hydrogens (tertiary/aromatic N) is 1. The number of rotatable bonds is 3. The molecule has 0 unspecified atom stereocenters. The van der Waals surface area contributed by atoms with Crippen LogP contribution in [0.5, 0.6) is 0 Å². The molecular weight excluding hydrogens is 200 g/mol. The van der Waals surface area contributed by atoms with Crippen molar-refractivity contribution in [3.05, 3.63) is 48.7 Å². The highest BCUT2D eigenvalue weighted by Crippen LogP contribution is 2.19. The summed E-state index contributed by atoms with van der Waals surface area (Å²) in [5, 5.41) is 3.72. The van der Waals surface area contributed by atoms with Crippen molar-refractivity contribution in [3.8, 4) is 0 Å². The molecule has 0 saturated heterocycles. The molecule has 1 N–H and O–H groups in total. The molecule has 0 atom stereocenters. The fraction of sp³-hybridized carbons (Fsp3) is 0.154. The van der Waals surface area contributed by atoms with Crippen LogP contribution >= 0.6 is 0 Å². The monoisotopic (exact) mass is 214 g/mol. The van der Waals surface area contributed by atoms with Gasteiger partial charge in [-0.15, -0.1) is 6.58 Å². The maximum absolute atomic E-state index is 11.7. The molecule has 0 aliphatic carbocycles. The Morgan fingerprint density at radius 1 is 1.50 bits per heavy atom. The van der Waals surface area contributed by atoms with Gasteiger partial charge in [0, 0.05) is 24.5 Å². The number of nitrogens with one attached hydrogen (secondary N) is 1. The highest BCUT2D eigenvalue weighted by Gasteiger charge is 2.12. The van der Waals surface area contributed by atoms with Crippen molar-refractivity contribution in [2.45, 2.75) is 6.54 Å². The summed E-state index contributed by atoms with van der Waals surface area (Å²) < 4.78 is 1.96. The molecule has 2 rings (SSSR count). The Hall–Kier alpha value is -2.03. The van der Waals surface area contributed by atoms with Gasteiger partial charge in [0.2, 0.25) is 0 Å². The Kier molecular flexibility index (Phi) is 2.77. The molecule has 0 aliphatic heterocycles. The molecule has 1 heterocycles. The van der Waals surface area contributed by atoms with Gasteiger partial charge in [0.25, 0.3) is 5.91 Å². The van der Waals surface area contributed by atoms with E-state index in [9.17, 15) is 4.79 Å². The van der Waals surface area contributed by atoms with Crippen molar-refractivity contribution in [2.75, 3.05) is 7.05 Å². The molecule has 0 aliphatic rings. The molecule has 0 spiro atoms. The van der Waals surface area contributed by atoms with Gasteiger partial charge in [-0.3, -0.25) is 4.79 Å². The summed E-state index contributed by atoms with van der Waals surface area (Å²) in [6.07, 6.45) is 1.79. The predicted octanol–water partition coefficient (Wildman–Crippen LogP) is 2.19. The van der Waals surface area contributed by atoms with E-state index in [1.807, 2.05) is 34.9 Å². The van der Waals surface area contributed by atoms with Crippen LogP contribution in [0.15, 0.2) is 43.0 Å². The fourth-order valence-electron chi connectivity index (χ4n) is 1.85. The number of benzene rings is 1. The van der Waals surface area contributed by atoms with E-state index in [4.69, 9.17) is 0 Å². The lowest BCUT2D eigenvalue weighted by Crippen LogP contribution is -2.21. The van der Waals surface area contributed by atoms with Crippen LogP contribution in [0.1, 0.15) is 10.5 Å². The summed E-state index contributed by atoms with van der Waals surface area (Å²) in [5.74, 6) is -0.0712. The number of fused-ring (bicyclic) bond motifs is 1. The number of hydrogen-bond donors (Lipinski definition) is 1. The lowest BCUT2D eigenvalue weighted by atomic mass is 10.2. The van der Waals surface area contributed by atoms with Gasteiger partial charge >= 0.3 is 0 Å². The fourth-order valence-corrected chi connectivity index (χ4v) is 1.85. The first kappa shape index (κ1) is 10.5. The quantitative estimate of drug-likeness (QED) is 0.781. The van der Waals surface area contributed by atoms with Gasteiger partial charge in [-0.05, 0) is 12.1 Å². The van der Waals surface area contributed by atoms with E-state index < -0.39 is 0 Å². The molecule has 0 fully saturated rings. The van der Waals surface area contributed by atoms with E-state index in [0.717, 1.165) is 10.9 Å². The molecule has 1 aromatic carbocycles. The lowest BCUT2D eigenvalue weighted by molar-refractivity contribution is 0.0955. The maximum atomic E-state index is 11.7. The van der Waals surface area contributed by atoms with Crippen LogP contribution in [0, 0.1) is 0 Å². The van der Waals surface area contributed by atoms with E-state index in [0.29, 0.717) is 12.2 Å². The molecule has 82 valence electrons. The minimum absolute atomic E-state index is 0.0712. The van der Waals surface area contributed by atoms with E-state index in [-0.39, 0.29) is 5.91 Å². The topological polar surface area (TPSA) is 34.0 Å². The molecule has 0 bridgehead atoms. The predicted molar refractivity (Wildman–Crippen MR) is 65.5 cm³/mol. The first-order valence-corrected chi connectivity index (χ1v) is 5.19. The zero-order valence-corrected chi connectivity index (χ0v) is 9.23. The highest BCUT2D eigenvalue weighted by atomic mass is 16.1. The third-order valence-corrected chi connectivity index (χ3v) is 2.58. The van der Waals surface area contributed by atoms with E-state index in [1.54, 1.807) is 13.1 Å². The van der Waals surface area contributed by atoms with Crippen LogP contribution in [0.3, 0.4) is 0 Å². The Balaban J connectivity index is 2.67. The van der Waals surface area contributed by atoms with Gasteiger partial charge in [-0.25, -0.2) is 0 Å². The average Bonchev–Trinajstić information content (AvgIpc) is 2.68. The molecule has 2 aromatic rings. The van der Waals surface area contributed by atoms with Crippen molar-refractivity contribution >= 4 is 16.8 Å². The number of amides is 1. The maximum Gasteiger partial charge on any atom is 0.267 e. The van der Waals surface area contributed by atoms with Crippen LogP contribution in [0.2, 0.25) is 0 Å². The average molecular weight is 214 g/mol. The van der Waals surface area contributed by atoms with Crippen molar-refractivity contribution in [3.63, 3.8) is 0 Å². The van der Waals surface area contributed by atoms with Crippen molar-refractivity contribution < 1.29 is 4.79 Å². The van der Waals surface area contributed by atoms with E-state index in [1.165, 1.54) is 0 Å². The summed E-state index contributed by atoms with van der Waals surface area (Å²) >= 11 is 0. The van der Waals surface area contributed by atoms with Crippen LogP contribution in [0.25, 0.3) is 10.9 Å². The zero-order chi connectivity index (χ0) is 11.5. The molecule has 3 nitrogen and oxygen atoms in total. The first-order chi connectivity index (χ1) is 7.77. The summed E-state index contributed by atoms with van der Waals surface area (Å²) in [7, 11) is 1.64. The van der Waals surface area contributed by atoms with Gasteiger partial charge in [-0.1, -0.05) is 24.3 Å². The summed E-state index contributed by atoms with van der Waals surface area (Å²) in [6.45, 7) is 4.35. The Morgan fingerprint density at radius 3 is 2.94 bits per heavy atom. The number of para-hydroxylation sites is 1. The second-order valence-electron chi connectivity index (χ2n) is 3.57. The molecule has 1 amide bonds. The van der Waals surface area contributed by atoms with Crippen LogP contribution in [-0.2, 0) is 6.54 Å². The summed E-state index contributed by atoms with van der Waals surface area (Å²) in [6, 6.07) is 9.84. The smallest absolute Gasteiger partial charge is 0.267 e. The van der Waals surface area contributed by atoms with Crippen molar-refractivity contribution in [2.24, 2.45) is 0 Å². The third kappa shape index (κ3) is 1.60. The van der Waals surface area contributed by atoms with Gasteiger partial charge < -0.3 is 9.88 Å². The van der Waals surface area contributed by atoms with Gasteiger partial charge in [0.05, 0.1) is 0 Å². The second kappa shape index (κ2) is 4.23. The Bertz CT molecular complexity index is 540. The number of carbonyl (C=O) groups excluding carboxylic acids is 1. The van der Waals surface area contributed by atoms with E-state index in [2.05, 4.69) is 11.9 Å². The molecular formula is C13H14N2O.